The molecule has 1 aliphatic heterocycles. The molecule has 1 aliphatic carbocycles. The first kappa shape index (κ1) is 12.0. The Kier molecular flexibility index (Phi) is 3.27. The third kappa shape index (κ3) is 2.25. The van der Waals surface area contributed by atoms with Gasteiger partial charge in [0.25, 0.3) is 0 Å². The summed E-state index contributed by atoms with van der Waals surface area (Å²) in [5.41, 5.74) is 6.72. The van der Waals surface area contributed by atoms with Crippen LogP contribution in [-0.4, -0.2) is 24.6 Å². The number of benzene rings is 1. The molecule has 1 heterocycles. The molecule has 1 saturated carbocycles. The van der Waals surface area contributed by atoms with Gasteiger partial charge in [-0.3, -0.25) is 0 Å². The Morgan fingerprint density at radius 2 is 2.28 bits per heavy atom. The van der Waals surface area contributed by atoms with Crippen molar-refractivity contribution >= 4 is 17.5 Å². The maximum absolute atomic E-state index is 5.99. The Morgan fingerprint density at radius 3 is 3.06 bits per heavy atom. The highest BCUT2D eigenvalue weighted by Gasteiger charge is 2.36. The lowest BCUT2D eigenvalue weighted by molar-refractivity contribution is 0.130. The summed E-state index contributed by atoms with van der Waals surface area (Å²) in [5.74, 6) is 1.34. The Balaban J connectivity index is 1.80. The average molecular weight is 265 g/mol. The summed E-state index contributed by atoms with van der Waals surface area (Å²) in [5, 5.41) is 0.716. The van der Waals surface area contributed by atoms with E-state index in [4.69, 9.17) is 27.1 Å². The number of fused-ring (bicyclic) bond motifs is 1. The summed E-state index contributed by atoms with van der Waals surface area (Å²) in [6.45, 7) is 0.755. The van der Waals surface area contributed by atoms with E-state index in [0.717, 1.165) is 37.3 Å². The Labute approximate surface area is 112 Å². The average Bonchev–Trinajstić information content (AvgIpc) is 2.81. The van der Waals surface area contributed by atoms with Gasteiger partial charge in [0.05, 0.1) is 6.04 Å². The molecule has 1 aromatic carbocycles. The molecule has 0 spiro atoms. The van der Waals surface area contributed by atoms with Crippen molar-refractivity contribution in [2.75, 3.05) is 6.54 Å². The third-order valence-corrected chi connectivity index (χ3v) is 4.05. The molecular weight excluding hydrogens is 248 g/mol. The first-order chi connectivity index (χ1) is 8.76. The second-order valence-corrected chi connectivity index (χ2v) is 5.52. The third-order valence-electron chi connectivity index (χ3n) is 3.81. The lowest BCUT2D eigenvalue weighted by atomic mass is 9.84. The molecular formula is C14H17ClN2O. The van der Waals surface area contributed by atoms with Crippen LogP contribution in [0.25, 0.3) is 0 Å². The van der Waals surface area contributed by atoms with Crippen LogP contribution in [0.5, 0.6) is 0 Å². The van der Waals surface area contributed by atoms with E-state index in [0.29, 0.717) is 10.9 Å². The Morgan fingerprint density at radius 1 is 1.39 bits per heavy atom. The maximum atomic E-state index is 5.99. The van der Waals surface area contributed by atoms with E-state index in [1.807, 2.05) is 24.3 Å². The smallest absolute Gasteiger partial charge is 0.216 e. The number of halogens is 1. The van der Waals surface area contributed by atoms with Crippen LogP contribution in [0.4, 0.5) is 0 Å². The van der Waals surface area contributed by atoms with Crippen LogP contribution in [0, 0.1) is 5.92 Å². The molecule has 0 aromatic heterocycles. The van der Waals surface area contributed by atoms with E-state index in [1.54, 1.807) is 0 Å². The number of hydrogen-bond donors (Lipinski definition) is 1. The van der Waals surface area contributed by atoms with Gasteiger partial charge in [0, 0.05) is 10.6 Å². The summed E-state index contributed by atoms with van der Waals surface area (Å²) < 4.78 is 5.95. The van der Waals surface area contributed by atoms with E-state index >= 15 is 0 Å². The zero-order valence-electron chi connectivity index (χ0n) is 10.2. The minimum atomic E-state index is 0.238. The van der Waals surface area contributed by atoms with Gasteiger partial charge in [-0.15, -0.1) is 0 Å². The van der Waals surface area contributed by atoms with E-state index < -0.39 is 0 Å². The van der Waals surface area contributed by atoms with Gasteiger partial charge < -0.3 is 10.5 Å². The van der Waals surface area contributed by atoms with E-state index in [1.165, 1.54) is 0 Å². The normalized spacial score (nSPS) is 30.6. The van der Waals surface area contributed by atoms with Gasteiger partial charge in [-0.05, 0) is 49.9 Å². The monoisotopic (exact) mass is 264 g/mol. The molecule has 0 amide bonds. The molecule has 3 nitrogen and oxygen atoms in total. The second kappa shape index (κ2) is 4.90. The zero-order valence-corrected chi connectivity index (χ0v) is 10.9. The SMILES string of the molecule is NCC1CCC2OC(c3cccc(Cl)c3)=NC2C1. The number of aliphatic imine (C=N–C) groups is 1. The molecule has 3 rings (SSSR count). The summed E-state index contributed by atoms with van der Waals surface area (Å²) in [6.07, 6.45) is 3.49. The van der Waals surface area contributed by atoms with Crippen LogP contribution in [0.1, 0.15) is 24.8 Å². The Hall–Kier alpha value is -1.06. The van der Waals surface area contributed by atoms with Crippen molar-refractivity contribution in [3.05, 3.63) is 34.9 Å². The van der Waals surface area contributed by atoms with Gasteiger partial charge in [0.2, 0.25) is 5.90 Å². The number of ether oxygens (including phenoxy) is 1. The van der Waals surface area contributed by atoms with Crippen LogP contribution in [0.15, 0.2) is 29.3 Å². The van der Waals surface area contributed by atoms with Gasteiger partial charge in [-0.2, -0.15) is 0 Å². The lowest BCUT2D eigenvalue weighted by Gasteiger charge is -2.28. The van der Waals surface area contributed by atoms with Crippen molar-refractivity contribution in [3.8, 4) is 0 Å². The largest absolute Gasteiger partial charge is 0.472 e. The first-order valence-corrected chi connectivity index (χ1v) is 6.84. The van der Waals surface area contributed by atoms with Gasteiger partial charge in [-0.1, -0.05) is 17.7 Å². The maximum Gasteiger partial charge on any atom is 0.216 e. The minimum Gasteiger partial charge on any atom is -0.472 e. The second-order valence-electron chi connectivity index (χ2n) is 5.08. The first-order valence-electron chi connectivity index (χ1n) is 6.46. The van der Waals surface area contributed by atoms with Crippen LogP contribution in [-0.2, 0) is 4.74 Å². The standard InChI is InChI=1S/C14H17ClN2O/c15-11-3-1-2-10(7-11)14-17-12-6-9(8-16)4-5-13(12)18-14/h1-3,7,9,12-13H,4-6,8,16H2. The molecule has 2 aliphatic rings. The highest BCUT2D eigenvalue weighted by atomic mass is 35.5. The quantitative estimate of drug-likeness (QED) is 0.893. The fraction of sp³-hybridized carbons (Fsp3) is 0.500. The van der Waals surface area contributed by atoms with Crippen molar-refractivity contribution in [1.82, 2.24) is 0 Å². The summed E-state index contributed by atoms with van der Waals surface area (Å²) in [4.78, 5) is 4.70. The van der Waals surface area contributed by atoms with Gasteiger partial charge >= 0.3 is 0 Å². The summed E-state index contributed by atoms with van der Waals surface area (Å²) in [7, 11) is 0. The predicted molar refractivity (Wildman–Crippen MR) is 73.0 cm³/mol. The minimum absolute atomic E-state index is 0.238. The molecule has 0 saturated heterocycles. The van der Waals surface area contributed by atoms with E-state index in [2.05, 4.69) is 0 Å². The van der Waals surface area contributed by atoms with E-state index in [-0.39, 0.29) is 12.1 Å². The van der Waals surface area contributed by atoms with Crippen LogP contribution < -0.4 is 5.73 Å². The number of rotatable bonds is 2. The molecule has 3 unspecified atom stereocenters. The summed E-state index contributed by atoms with van der Waals surface area (Å²) >= 11 is 5.99. The van der Waals surface area contributed by atoms with E-state index in [9.17, 15) is 0 Å². The number of nitrogens with two attached hydrogens (primary N) is 1. The van der Waals surface area contributed by atoms with Gasteiger partial charge in [-0.25, -0.2) is 4.99 Å². The number of nitrogens with zero attached hydrogens (tertiary/aromatic N) is 1. The van der Waals surface area contributed by atoms with Crippen LogP contribution in [0.2, 0.25) is 5.02 Å². The van der Waals surface area contributed by atoms with Crippen LogP contribution in [0.3, 0.4) is 0 Å². The van der Waals surface area contributed by atoms with Crippen molar-refractivity contribution in [1.29, 1.82) is 0 Å². The highest BCUT2D eigenvalue weighted by Crippen LogP contribution is 2.33. The molecule has 96 valence electrons. The highest BCUT2D eigenvalue weighted by molar-refractivity contribution is 6.30. The molecule has 4 heteroatoms. The zero-order chi connectivity index (χ0) is 12.5. The molecule has 1 aromatic rings. The molecule has 1 fully saturated rings. The molecule has 3 atom stereocenters. The fourth-order valence-electron chi connectivity index (χ4n) is 2.78. The summed E-state index contributed by atoms with van der Waals surface area (Å²) in [6, 6.07) is 7.95. The Bertz CT molecular complexity index is 475. The molecule has 0 radical (unpaired) electrons. The number of hydrogen-bond acceptors (Lipinski definition) is 3. The predicted octanol–water partition coefficient (Wildman–Crippen LogP) is 2.61. The van der Waals surface area contributed by atoms with Crippen molar-refractivity contribution in [2.45, 2.75) is 31.4 Å². The molecule has 0 bridgehead atoms. The molecule has 18 heavy (non-hydrogen) atoms. The van der Waals surface area contributed by atoms with Crippen LogP contribution >= 0.6 is 11.6 Å². The van der Waals surface area contributed by atoms with Crippen molar-refractivity contribution < 1.29 is 4.74 Å². The van der Waals surface area contributed by atoms with Crippen molar-refractivity contribution in [3.63, 3.8) is 0 Å². The van der Waals surface area contributed by atoms with Gasteiger partial charge in [0.15, 0.2) is 0 Å². The van der Waals surface area contributed by atoms with Gasteiger partial charge in [0.1, 0.15) is 6.10 Å². The molecule has 2 N–H and O–H groups in total. The van der Waals surface area contributed by atoms with Crippen molar-refractivity contribution in [2.24, 2.45) is 16.6 Å². The lowest BCUT2D eigenvalue weighted by Crippen LogP contribution is -2.33. The fourth-order valence-corrected chi connectivity index (χ4v) is 2.97. The topological polar surface area (TPSA) is 47.6 Å².